The lowest BCUT2D eigenvalue weighted by Crippen LogP contribution is -2.41. The van der Waals surface area contributed by atoms with Crippen molar-refractivity contribution in [3.63, 3.8) is 0 Å². The number of rotatable bonds is 12. The number of ether oxygens (including phenoxy) is 3. The Bertz CT molecular complexity index is 2240. The fourth-order valence-electron chi connectivity index (χ4n) is 6.39. The predicted molar refractivity (Wildman–Crippen MR) is 214 cm³/mol. The number of primary amides is 1. The zero-order valence-electron chi connectivity index (χ0n) is 32.0. The third kappa shape index (κ3) is 9.19. The highest BCUT2D eigenvalue weighted by atomic mass is 16.5. The van der Waals surface area contributed by atoms with Crippen LogP contribution in [0.3, 0.4) is 0 Å². The number of nitrogens with two attached hydrogens (primary N) is 1. The highest BCUT2D eigenvalue weighted by Gasteiger charge is 2.23. The van der Waals surface area contributed by atoms with E-state index in [4.69, 9.17) is 24.9 Å². The molecule has 0 unspecified atom stereocenters. The fourth-order valence-corrected chi connectivity index (χ4v) is 6.39. The minimum atomic E-state index is -0.649. The van der Waals surface area contributed by atoms with Crippen LogP contribution in [0.25, 0.3) is 22.0 Å². The molecule has 0 spiro atoms. The van der Waals surface area contributed by atoms with Gasteiger partial charge in [0.25, 0.3) is 17.7 Å². The van der Waals surface area contributed by atoms with Gasteiger partial charge in [0.15, 0.2) is 5.75 Å². The van der Waals surface area contributed by atoms with Crippen LogP contribution in [0.4, 0.5) is 17.3 Å². The largest absolute Gasteiger partial charge is 0.497 e. The number of fused-ring (bicyclic) bond motifs is 1. The maximum absolute atomic E-state index is 13.7. The van der Waals surface area contributed by atoms with Crippen LogP contribution in [0.5, 0.6) is 11.5 Å². The molecule has 0 saturated carbocycles. The second kappa shape index (κ2) is 16.5. The monoisotopic (exact) mass is 745 g/mol. The molecule has 0 aliphatic carbocycles. The number of anilines is 3. The van der Waals surface area contributed by atoms with Gasteiger partial charge in [-0.15, -0.1) is 0 Å². The van der Waals surface area contributed by atoms with Crippen molar-refractivity contribution in [2.75, 3.05) is 64.2 Å². The van der Waals surface area contributed by atoms with Crippen molar-refractivity contribution in [3.05, 3.63) is 101 Å². The SMILES string of the molecule is COc1cc(Nc2ncc3cc(-c4cc(C(=O)Nc5cc(C(C)(C)C)cc(C(N)=O)c5OC)ccc4C)ccc3n2)cc(C(=O)NCCN2CCOCC2)c1. The van der Waals surface area contributed by atoms with E-state index in [2.05, 4.69) is 25.8 Å². The van der Waals surface area contributed by atoms with Crippen LogP contribution in [0.2, 0.25) is 0 Å². The molecule has 0 radical (unpaired) electrons. The zero-order valence-corrected chi connectivity index (χ0v) is 32.0. The lowest BCUT2D eigenvalue weighted by molar-refractivity contribution is 0.0383. The molecule has 1 saturated heterocycles. The summed E-state index contributed by atoms with van der Waals surface area (Å²) in [4.78, 5) is 50.6. The standard InChI is InChI=1S/C42H47N7O6/c1-25-7-8-27(40(52)47-36-22-30(42(2,3)4)21-34(38(43)50)37(36)54-6)20-33(25)26-9-10-35-29(17-26)24-45-41(48-35)46-31-18-28(19-32(23-31)53-5)39(51)44-11-12-49-13-15-55-16-14-49/h7-10,17-24H,11-16H2,1-6H3,(H2,43,50)(H,44,51)(H,47,52)(H,45,46,48). The van der Waals surface area contributed by atoms with Crippen molar-refractivity contribution in [1.82, 2.24) is 20.2 Å². The van der Waals surface area contributed by atoms with Crippen LogP contribution in [0.15, 0.2) is 72.9 Å². The number of benzene rings is 4. The first-order valence-electron chi connectivity index (χ1n) is 18.1. The molecule has 4 aromatic carbocycles. The molecule has 55 heavy (non-hydrogen) atoms. The van der Waals surface area contributed by atoms with Crippen molar-refractivity contribution in [3.8, 4) is 22.6 Å². The summed E-state index contributed by atoms with van der Waals surface area (Å²) in [5.41, 5.74) is 11.6. The summed E-state index contributed by atoms with van der Waals surface area (Å²) in [6, 6.07) is 20.0. The second-order valence-electron chi connectivity index (χ2n) is 14.5. The van der Waals surface area contributed by atoms with Gasteiger partial charge in [-0.05, 0) is 83.1 Å². The number of hydrogen-bond donors (Lipinski definition) is 4. The van der Waals surface area contributed by atoms with Crippen LogP contribution < -0.4 is 31.2 Å². The molecule has 1 aliphatic heterocycles. The van der Waals surface area contributed by atoms with Gasteiger partial charge in [0, 0.05) is 60.6 Å². The van der Waals surface area contributed by atoms with Crippen LogP contribution in [-0.2, 0) is 10.2 Å². The number of methoxy groups -OCH3 is 2. The van der Waals surface area contributed by atoms with Gasteiger partial charge in [-0.3, -0.25) is 19.3 Å². The lowest BCUT2D eigenvalue weighted by Gasteiger charge is -2.26. The maximum Gasteiger partial charge on any atom is 0.255 e. The van der Waals surface area contributed by atoms with Gasteiger partial charge in [-0.2, -0.15) is 0 Å². The van der Waals surface area contributed by atoms with Crippen LogP contribution in [-0.4, -0.2) is 86.2 Å². The van der Waals surface area contributed by atoms with Gasteiger partial charge in [-0.25, -0.2) is 9.97 Å². The van der Waals surface area contributed by atoms with Gasteiger partial charge in [0.1, 0.15) is 5.75 Å². The number of aryl methyl sites for hydroxylation is 1. The highest BCUT2D eigenvalue weighted by Crippen LogP contribution is 2.36. The Hall–Kier alpha value is -6.05. The number of carbonyl (C=O) groups excluding carboxylic acids is 3. The average molecular weight is 746 g/mol. The lowest BCUT2D eigenvalue weighted by atomic mass is 9.85. The van der Waals surface area contributed by atoms with Crippen molar-refractivity contribution in [2.45, 2.75) is 33.1 Å². The molecule has 5 aromatic rings. The summed E-state index contributed by atoms with van der Waals surface area (Å²) < 4.78 is 16.4. The Kier molecular flexibility index (Phi) is 11.6. The minimum Gasteiger partial charge on any atom is -0.497 e. The second-order valence-corrected chi connectivity index (χ2v) is 14.5. The Morgan fingerprint density at radius 3 is 2.40 bits per heavy atom. The predicted octanol–water partition coefficient (Wildman–Crippen LogP) is 6.08. The molecule has 286 valence electrons. The molecular weight excluding hydrogens is 699 g/mol. The Balaban J connectivity index is 1.19. The van der Waals surface area contributed by atoms with E-state index < -0.39 is 5.91 Å². The first kappa shape index (κ1) is 38.7. The molecule has 1 aliphatic rings. The number of amides is 3. The first-order valence-corrected chi connectivity index (χ1v) is 18.1. The van der Waals surface area contributed by atoms with Gasteiger partial charge in [0.05, 0.1) is 44.2 Å². The molecule has 1 aromatic heterocycles. The summed E-state index contributed by atoms with van der Waals surface area (Å²) in [5, 5.41) is 9.95. The maximum atomic E-state index is 13.7. The Labute approximate surface area is 320 Å². The van der Waals surface area contributed by atoms with Gasteiger partial charge < -0.3 is 35.9 Å². The van der Waals surface area contributed by atoms with E-state index in [-0.39, 0.29) is 28.5 Å². The average Bonchev–Trinajstić information content (AvgIpc) is 3.17. The molecule has 5 N–H and O–H groups in total. The van der Waals surface area contributed by atoms with Crippen LogP contribution in [0.1, 0.15) is 63.0 Å². The zero-order chi connectivity index (χ0) is 39.3. The minimum absolute atomic E-state index is 0.192. The van der Waals surface area contributed by atoms with Crippen molar-refractivity contribution < 1.29 is 28.6 Å². The molecular formula is C42H47N7O6. The summed E-state index contributed by atoms with van der Waals surface area (Å²) >= 11 is 0. The Morgan fingerprint density at radius 2 is 1.69 bits per heavy atom. The molecule has 1 fully saturated rings. The van der Waals surface area contributed by atoms with E-state index >= 15 is 0 Å². The number of carbonyl (C=O) groups is 3. The summed E-state index contributed by atoms with van der Waals surface area (Å²) in [6.45, 7) is 12.4. The molecule has 13 heteroatoms. The van der Waals surface area contributed by atoms with Crippen LogP contribution in [0, 0.1) is 6.92 Å². The van der Waals surface area contributed by atoms with E-state index in [1.165, 1.54) is 7.11 Å². The third-order valence-electron chi connectivity index (χ3n) is 9.54. The molecule has 0 bridgehead atoms. The fraction of sp³-hybridized carbons (Fsp3) is 0.310. The summed E-state index contributed by atoms with van der Waals surface area (Å²) in [5.74, 6) is -0.140. The number of morpholine rings is 1. The number of hydrogen-bond acceptors (Lipinski definition) is 10. The number of nitrogens with one attached hydrogen (secondary N) is 3. The van der Waals surface area contributed by atoms with E-state index in [9.17, 15) is 14.4 Å². The summed E-state index contributed by atoms with van der Waals surface area (Å²) in [7, 11) is 2.99. The number of aromatic nitrogens is 2. The molecule has 13 nitrogen and oxygen atoms in total. The Morgan fingerprint density at radius 1 is 0.909 bits per heavy atom. The van der Waals surface area contributed by atoms with Gasteiger partial charge in [-0.1, -0.05) is 32.9 Å². The topological polar surface area (TPSA) is 170 Å². The van der Waals surface area contributed by atoms with E-state index in [0.29, 0.717) is 59.5 Å². The molecule has 3 amide bonds. The smallest absolute Gasteiger partial charge is 0.255 e. The molecule has 0 atom stereocenters. The van der Waals surface area contributed by atoms with Gasteiger partial charge >= 0.3 is 0 Å². The normalized spacial score (nSPS) is 13.3. The van der Waals surface area contributed by atoms with E-state index in [1.807, 2.05) is 64.1 Å². The van der Waals surface area contributed by atoms with Gasteiger partial charge in [0.2, 0.25) is 5.95 Å². The van der Waals surface area contributed by atoms with Crippen LogP contribution >= 0.6 is 0 Å². The third-order valence-corrected chi connectivity index (χ3v) is 9.54. The summed E-state index contributed by atoms with van der Waals surface area (Å²) in [6.07, 6.45) is 1.73. The van der Waals surface area contributed by atoms with Crippen molar-refractivity contribution >= 4 is 45.9 Å². The highest BCUT2D eigenvalue weighted by molar-refractivity contribution is 6.08. The van der Waals surface area contributed by atoms with Crippen molar-refractivity contribution in [2.24, 2.45) is 5.73 Å². The molecule has 2 heterocycles. The van der Waals surface area contributed by atoms with Crippen molar-refractivity contribution in [1.29, 1.82) is 0 Å². The number of nitrogens with zero attached hydrogens (tertiary/aromatic N) is 3. The first-order chi connectivity index (χ1) is 26.3. The van der Waals surface area contributed by atoms with E-state index in [0.717, 1.165) is 47.3 Å². The molecule has 6 rings (SSSR count). The quantitative estimate of drug-likeness (QED) is 0.117. The van der Waals surface area contributed by atoms with E-state index in [1.54, 1.807) is 43.6 Å².